The van der Waals surface area contributed by atoms with Crippen molar-refractivity contribution in [1.29, 1.82) is 0 Å². The van der Waals surface area contributed by atoms with E-state index in [1.54, 1.807) is 6.08 Å². The summed E-state index contributed by atoms with van der Waals surface area (Å²) < 4.78 is 11.4. The fourth-order valence-electron chi connectivity index (χ4n) is 1.28. The zero-order chi connectivity index (χ0) is 16.9. The average molecular weight is 315 g/mol. The molecular weight excluding hydrogens is 282 g/mol. The summed E-state index contributed by atoms with van der Waals surface area (Å²) in [6, 6.07) is -0.230. The lowest BCUT2D eigenvalue weighted by atomic mass is 10.2. The number of hydrogen-bond donors (Lipinski definition) is 1. The van der Waals surface area contributed by atoms with Crippen molar-refractivity contribution in [1.82, 2.24) is 5.32 Å². The van der Waals surface area contributed by atoms with Gasteiger partial charge in [0.05, 0.1) is 12.6 Å². The number of nitrogens with one attached hydrogen (secondary N) is 1. The largest absolute Gasteiger partial charge is 0.444 e. The molecule has 0 fully saturated rings. The molecule has 4 nitrogen and oxygen atoms in total. The van der Waals surface area contributed by atoms with Crippen LogP contribution in [0, 0.1) is 6.42 Å². The number of rotatable bonds is 6. The topological polar surface area (TPSA) is 47.6 Å². The molecule has 0 aromatic rings. The molecule has 0 aliphatic carbocycles. The Morgan fingerprint density at radius 1 is 1.24 bits per heavy atom. The first-order valence-electron chi connectivity index (χ1n) is 7.38. The quantitative estimate of drug-likeness (QED) is 0.744. The summed E-state index contributed by atoms with van der Waals surface area (Å²) in [6.07, 6.45) is 3.04. The Morgan fingerprint density at radius 2 is 1.76 bits per heavy atom. The molecular formula is C16H32NO3Si. The minimum Gasteiger partial charge on any atom is -0.444 e. The fourth-order valence-corrected chi connectivity index (χ4v) is 2.31. The summed E-state index contributed by atoms with van der Waals surface area (Å²) in [6.45, 7) is 20.6. The van der Waals surface area contributed by atoms with Crippen LogP contribution >= 0.6 is 0 Å². The Bertz CT molecular complexity index is 354. The Labute approximate surface area is 131 Å². The molecule has 1 N–H and O–H groups in total. The van der Waals surface area contributed by atoms with Gasteiger partial charge < -0.3 is 14.5 Å². The summed E-state index contributed by atoms with van der Waals surface area (Å²) in [5.74, 6) is 0. The Morgan fingerprint density at radius 3 is 2.14 bits per heavy atom. The van der Waals surface area contributed by atoms with Gasteiger partial charge in [-0.3, -0.25) is 0 Å². The highest BCUT2D eigenvalue weighted by molar-refractivity contribution is 6.74. The molecule has 123 valence electrons. The van der Waals surface area contributed by atoms with Crippen molar-refractivity contribution < 1.29 is 14.0 Å². The molecule has 0 aromatic heterocycles. The van der Waals surface area contributed by atoms with Gasteiger partial charge in [0, 0.05) is 6.42 Å². The van der Waals surface area contributed by atoms with Crippen LogP contribution in [0.1, 0.15) is 41.5 Å². The van der Waals surface area contributed by atoms with Gasteiger partial charge in [0.1, 0.15) is 5.60 Å². The van der Waals surface area contributed by atoms with Crippen LogP contribution in [0.2, 0.25) is 18.1 Å². The molecule has 21 heavy (non-hydrogen) atoms. The zero-order valence-corrected chi connectivity index (χ0v) is 15.9. The minimum absolute atomic E-state index is 0.137. The Kier molecular flexibility index (Phi) is 7.16. The molecule has 0 aliphatic rings. The number of hydrogen-bond acceptors (Lipinski definition) is 3. The van der Waals surface area contributed by atoms with E-state index in [9.17, 15) is 4.79 Å². The van der Waals surface area contributed by atoms with Crippen molar-refractivity contribution in [2.75, 3.05) is 6.61 Å². The van der Waals surface area contributed by atoms with Crippen LogP contribution < -0.4 is 5.32 Å². The highest BCUT2D eigenvalue weighted by Gasteiger charge is 2.37. The molecule has 0 spiro atoms. The highest BCUT2D eigenvalue weighted by atomic mass is 28.4. The van der Waals surface area contributed by atoms with E-state index in [4.69, 9.17) is 9.16 Å². The highest BCUT2D eigenvalue weighted by Crippen LogP contribution is 2.36. The van der Waals surface area contributed by atoms with Crippen molar-refractivity contribution >= 4 is 14.4 Å². The van der Waals surface area contributed by atoms with Crippen LogP contribution in [0.15, 0.2) is 12.7 Å². The van der Waals surface area contributed by atoms with E-state index < -0.39 is 20.0 Å². The van der Waals surface area contributed by atoms with Crippen molar-refractivity contribution in [3.8, 4) is 0 Å². The van der Waals surface area contributed by atoms with Crippen molar-refractivity contribution in [3.05, 3.63) is 19.1 Å². The van der Waals surface area contributed by atoms with E-state index in [1.807, 2.05) is 27.2 Å². The second-order valence-corrected chi connectivity index (χ2v) is 12.6. The summed E-state index contributed by atoms with van der Waals surface area (Å²) in [7, 11) is -1.84. The molecule has 0 aromatic carbocycles. The number of carbonyl (C=O) groups excluding carboxylic acids is 1. The first kappa shape index (κ1) is 20.2. The van der Waals surface area contributed by atoms with E-state index in [0.717, 1.165) is 0 Å². The number of carbonyl (C=O) groups is 1. The van der Waals surface area contributed by atoms with Gasteiger partial charge in [-0.15, -0.1) is 6.58 Å². The molecule has 0 saturated heterocycles. The summed E-state index contributed by atoms with van der Waals surface area (Å²) in [5, 5.41) is 2.94. The Balaban J connectivity index is 4.58. The van der Waals surface area contributed by atoms with E-state index in [0.29, 0.717) is 6.61 Å². The molecule has 0 rings (SSSR count). The summed E-state index contributed by atoms with van der Waals surface area (Å²) >= 11 is 0. The molecule has 0 bridgehead atoms. The van der Waals surface area contributed by atoms with Gasteiger partial charge >= 0.3 is 6.09 Å². The van der Waals surface area contributed by atoms with Crippen molar-refractivity contribution in [2.24, 2.45) is 0 Å². The van der Waals surface area contributed by atoms with Crippen molar-refractivity contribution in [2.45, 2.75) is 71.3 Å². The van der Waals surface area contributed by atoms with Gasteiger partial charge in [-0.05, 0) is 38.9 Å². The first-order valence-corrected chi connectivity index (χ1v) is 10.3. The normalized spacial score (nSPS) is 14.5. The smallest absolute Gasteiger partial charge is 0.407 e. The standard InChI is InChI=1S/C16H32NO3Si/c1-10-11-13(17-14(18)20-15(2,3)4)12-19-21(8,9)16(5,6)7/h10-11,13H,1,12H2,2-9H3,(H,17,18). The maximum atomic E-state index is 11.8. The van der Waals surface area contributed by atoms with E-state index in [1.165, 1.54) is 0 Å². The third kappa shape index (κ3) is 8.26. The lowest BCUT2D eigenvalue weighted by molar-refractivity contribution is 0.0496. The maximum absolute atomic E-state index is 11.8. The molecule has 1 unspecified atom stereocenters. The summed E-state index contributed by atoms with van der Waals surface area (Å²) in [4.78, 5) is 11.8. The van der Waals surface area contributed by atoms with E-state index in [2.05, 4.69) is 45.8 Å². The van der Waals surface area contributed by atoms with Crippen LogP contribution in [0.3, 0.4) is 0 Å². The third-order valence-corrected chi connectivity index (χ3v) is 8.00. The van der Waals surface area contributed by atoms with Crippen LogP contribution in [0.5, 0.6) is 0 Å². The SMILES string of the molecule is C=C[CH]C(CO[Si](C)(C)C(C)(C)C)NC(=O)OC(C)(C)C. The van der Waals surface area contributed by atoms with Crippen LogP contribution in [0.25, 0.3) is 0 Å². The predicted molar refractivity (Wildman–Crippen MR) is 90.8 cm³/mol. The molecule has 1 radical (unpaired) electrons. The first-order chi connectivity index (χ1) is 9.28. The van der Waals surface area contributed by atoms with Gasteiger partial charge in [0.15, 0.2) is 8.32 Å². The molecule has 1 amide bonds. The second-order valence-electron chi connectivity index (χ2n) is 7.75. The molecule has 1 atom stereocenters. The van der Waals surface area contributed by atoms with Crippen LogP contribution in [0.4, 0.5) is 4.79 Å². The minimum atomic E-state index is -1.84. The Hall–Kier alpha value is -0.813. The third-order valence-electron chi connectivity index (χ3n) is 3.50. The average Bonchev–Trinajstić information content (AvgIpc) is 2.22. The molecule has 5 heteroatoms. The predicted octanol–water partition coefficient (Wildman–Crippen LogP) is 4.29. The van der Waals surface area contributed by atoms with Gasteiger partial charge in [-0.2, -0.15) is 0 Å². The van der Waals surface area contributed by atoms with E-state index in [-0.39, 0.29) is 11.1 Å². The molecule has 0 aliphatic heterocycles. The lowest BCUT2D eigenvalue weighted by Crippen LogP contribution is -2.47. The molecule has 0 saturated carbocycles. The van der Waals surface area contributed by atoms with Gasteiger partial charge in [-0.25, -0.2) is 4.79 Å². The number of ether oxygens (including phenoxy) is 1. The van der Waals surface area contributed by atoms with Crippen molar-refractivity contribution in [3.63, 3.8) is 0 Å². The van der Waals surface area contributed by atoms with Gasteiger partial charge in [0.25, 0.3) is 0 Å². The number of amides is 1. The van der Waals surface area contributed by atoms with Crippen LogP contribution in [-0.4, -0.2) is 32.7 Å². The van der Waals surface area contributed by atoms with Gasteiger partial charge in [-0.1, -0.05) is 26.8 Å². The summed E-state index contributed by atoms with van der Waals surface area (Å²) in [5.41, 5.74) is -0.511. The van der Waals surface area contributed by atoms with E-state index >= 15 is 0 Å². The molecule has 0 heterocycles. The fraction of sp³-hybridized carbons (Fsp3) is 0.750. The zero-order valence-electron chi connectivity index (χ0n) is 14.9. The monoisotopic (exact) mass is 314 g/mol. The lowest BCUT2D eigenvalue weighted by Gasteiger charge is -2.37. The van der Waals surface area contributed by atoms with Gasteiger partial charge in [0.2, 0.25) is 0 Å². The number of alkyl carbamates (subject to hydrolysis) is 1. The van der Waals surface area contributed by atoms with Crippen LogP contribution in [-0.2, 0) is 9.16 Å². The second kappa shape index (κ2) is 7.45. The maximum Gasteiger partial charge on any atom is 0.407 e.